The van der Waals surface area contributed by atoms with Gasteiger partial charge in [0.1, 0.15) is 5.69 Å². The summed E-state index contributed by atoms with van der Waals surface area (Å²) >= 11 is 12.2. The molecule has 1 atom stereocenters. The van der Waals surface area contributed by atoms with Gasteiger partial charge in [-0.25, -0.2) is 9.59 Å². The van der Waals surface area contributed by atoms with Crippen LogP contribution in [0.4, 0.5) is 10.5 Å². The summed E-state index contributed by atoms with van der Waals surface area (Å²) in [6, 6.07) is 3.52. The van der Waals surface area contributed by atoms with E-state index in [1.807, 2.05) is 0 Å². The van der Waals surface area contributed by atoms with Gasteiger partial charge in [-0.2, -0.15) is 0 Å². The van der Waals surface area contributed by atoms with Crippen molar-refractivity contribution in [1.29, 1.82) is 0 Å². The molecule has 0 aliphatic rings. The van der Waals surface area contributed by atoms with Gasteiger partial charge < -0.3 is 19.5 Å². The number of halogens is 2. The minimum Gasteiger partial charge on any atom is -0.464 e. The van der Waals surface area contributed by atoms with Crippen molar-refractivity contribution >= 4 is 46.7 Å². The second-order valence-corrected chi connectivity index (χ2v) is 7.48. The average Bonchev–Trinajstić information content (AvgIpc) is 2.91. The van der Waals surface area contributed by atoms with Crippen LogP contribution >= 0.6 is 23.2 Å². The topological polar surface area (TPSA) is 80.6 Å². The van der Waals surface area contributed by atoms with E-state index in [0.717, 1.165) is 0 Å². The van der Waals surface area contributed by atoms with Crippen molar-refractivity contribution in [2.24, 2.45) is 7.05 Å². The minimum absolute atomic E-state index is 0.271. The summed E-state index contributed by atoms with van der Waals surface area (Å²) in [5.74, 6) is -0.826. The number of likely N-dealkylation sites (N-methyl/N-ethyl adjacent to an activating group) is 1. The number of urea groups is 1. The number of carbonyl (C=O) groups excluding carboxylic acids is 3. The Kier molecular flexibility index (Phi) is 6.97. The zero-order chi connectivity index (χ0) is 22.0. The number of rotatable bonds is 5. The Morgan fingerprint density at radius 1 is 1.17 bits per heavy atom. The first-order chi connectivity index (χ1) is 13.5. The Balaban J connectivity index is 2.30. The molecule has 1 N–H and O–H groups in total. The average molecular weight is 440 g/mol. The Bertz CT molecular complexity index is 964. The molecule has 1 aromatic heterocycles. The molecule has 0 bridgehead atoms. The van der Waals surface area contributed by atoms with Gasteiger partial charge in [-0.15, -0.1) is 0 Å². The van der Waals surface area contributed by atoms with Crippen LogP contribution < -0.4 is 5.32 Å². The van der Waals surface area contributed by atoms with Crippen LogP contribution in [0.15, 0.2) is 18.2 Å². The quantitative estimate of drug-likeness (QED) is 0.550. The van der Waals surface area contributed by atoms with Gasteiger partial charge in [0.2, 0.25) is 0 Å². The first-order valence-electron chi connectivity index (χ1n) is 8.79. The van der Waals surface area contributed by atoms with Gasteiger partial charge in [-0.3, -0.25) is 4.79 Å². The highest BCUT2D eigenvalue weighted by atomic mass is 35.5. The molecule has 1 aromatic carbocycles. The van der Waals surface area contributed by atoms with Crippen molar-refractivity contribution in [1.82, 2.24) is 9.47 Å². The number of ether oxygens (including phenoxy) is 1. The van der Waals surface area contributed by atoms with Crippen LogP contribution in [-0.4, -0.2) is 47.4 Å². The van der Waals surface area contributed by atoms with E-state index in [-0.39, 0.29) is 21.5 Å². The van der Waals surface area contributed by atoms with E-state index in [4.69, 9.17) is 27.9 Å². The molecule has 2 aromatic rings. The predicted molar refractivity (Wildman–Crippen MR) is 113 cm³/mol. The molecule has 29 heavy (non-hydrogen) atoms. The van der Waals surface area contributed by atoms with E-state index in [2.05, 4.69) is 5.32 Å². The lowest BCUT2D eigenvalue weighted by Crippen LogP contribution is -2.43. The molecule has 1 heterocycles. The molecule has 0 fully saturated rings. The van der Waals surface area contributed by atoms with Crippen LogP contribution in [0.5, 0.6) is 0 Å². The largest absolute Gasteiger partial charge is 0.464 e. The lowest BCUT2D eigenvalue weighted by molar-refractivity contribution is 0.0588. The van der Waals surface area contributed by atoms with Crippen LogP contribution in [-0.2, 0) is 11.8 Å². The van der Waals surface area contributed by atoms with Crippen molar-refractivity contribution in [2.75, 3.05) is 19.5 Å². The van der Waals surface area contributed by atoms with Crippen molar-refractivity contribution in [3.05, 3.63) is 50.8 Å². The lowest BCUT2D eigenvalue weighted by atomic mass is 10.0. The van der Waals surface area contributed by atoms with Crippen LogP contribution in [0.3, 0.4) is 0 Å². The predicted octanol–water partition coefficient (Wildman–Crippen LogP) is 4.47. The number of anilines is 1. The summed E-state index contributed by atoms with van der Waals surface area (Å²) in [7, 11) is 4.47. The Morgan fingerprint density at radius 3 is 2.24 bits per heavy atom. The number of Topliss-reactive ketones (excluding diaryl/α,β-unsaturated/α-hetero) is 1. The normalized spacial score (nSPS) is 11.7. The number of carbonyl (C=O) groups is 3. The molecule has 0 aliphatic heterocycles. The van der Waals surface area contributed by atoms with Gasteiger partial charge in [0, 0.05) is 25.4 Å². The van der Waals surface area contributed by atoms with E-state index < -0.39 is 18.0 Å². The van der Waals surface area contributed by atoms with Crippen molar-refractivity contribution < 1.29 is 19.1 Å². The van der Waals surface area contributed by atoms with Crippen LogP contribution in [0, 0.1) is 13.8 Å². The fourth-order valence-corrected chi connectivity index (χ4v) is 3.59. The Hall–Kier alpha value is -2.51. The first-order valence-corrected chi connectivity index (χ1v) is 9.54. The molecule has 0 radical (unpaired) electrons. The molecule has 2 rings (SSSR count). The van der Waals surface area contributed by atoms with Crippen LogP contribution in [0.2, 0.25) is 10.0 Å². The summed E-state index contributed by atoms with van der Waals surface area (Å²) in [6.07, 6.45) is 0. The zero-order valence-corrected chi connectivity index (χ0v) is 18.6. The smallest absolute Gasteiger partial charge is 0.354 e. The molecule has 0 saturated heterocycles. The number of nitrogens with zero attached hydrogens (tertiary/aromatic N) is 2. The third-order valence-electron chi connectivity index (χ3n) is 5.03. The van der Waals surface area contributed by atoms with Crippen LogP contribution in [0.25, 0.3) is 0 Å². The number of methoxy groups -OCH3 is 1. The molecule has 156 valence electrons. The highest BCUT2D eigenvalue weighted by Gasteiger charge is 2.31. The monoisotopic (exact) mass is 439 g/mol. The highest BCUT2D eigenvalue weighted by Crippen LogP contribution is 2.30. The summed E-state index contributed by atoms with van der Waals surface area (Å²) in [4.78, 5) is 39.1. The number of hydrogen-bond acceptors (Lipinski definition) is 4. The number of aromatic nitrogens is 1. The number of hydrogen-bond donors (Lipinski definition) is 1. The molecule has 0 saturated carbocycles. The first kappa shape index (κ1) is 22.8. The molecule has 1 unspecified atom stereocenters. The number of ketones is 1. The molecule has 0 aliphatic carbocycles. The van der Waals surface area contributed by atoms with Crippen LogP contribution in [0.1, 0.15) is 39.0 Å². The fourth-order valence-electron chi connectivity index (χ4n) is 3.10. The number of benzene rings is 1. The molecule has 9 heteroatoms. The fraction of sp³-hybridized carbons (Fsp3) is 0.350. The van der Waals surface area contributed by atoms with Gasteiger partial charge in [-0.05, 0) is 38.5 Å². The van der Waals surface area contributed by atoms with Crippen molar-refractivity contribution in [3.63, 3.8) is 0 Å². The van der Waals surface area contributed by atoms with Gasteiger partial charge in [0.05, 0.1) is 28.9 Å². The second kappa shape index (κ2) is 8.88. The van der Waals surface area contributed by atoms with Gasteiger partial charge in [0.15, 0.2) is 5.78 Å². The number of amides is 2. The van der Waals surface area contributed by atoms with Crippen molar-refractivity contribution in [2.45, 2.75) is 26.8 Å². The molecular weight excluding hydrogens is 417 g/mol. The maximum Gasteiger partial charge on any atom is 0.354 e. The number of para-hydroxylation sites is 1. The van der Waals surface area contributed by atoms with E-state index in [9.17, 15) is 14.4 Å². The van der Waals surface area contributed by atoms with E-state index in [1.54, 1.807) is 50.6 Å². The SMILES string of the molecule is COC(=O)c1c(C)c(C(=O)C(C)N(C)C(=O)Nc2c(Cl)cccc2Cl)c(C)n1C. The molecular formula is C20H23Cl2N3O4. The lowest BCUT2D eigenvalue weighted by Gasteiger charge is -2.25. The second-order valence-electron chi connectivity index (χ2n) is 6.66. The summed E-state index contributed by atoms with van der Waals surface area (Å²) < 4.78 is 6.43. The maximum atomic E-state index is 13.2. The Labute approximate surface area is 179 Å². The highest BCUT2D eigenvalue weighted by molar-refractivity contribution is 6.39. The number of esters is 1. The third-order valence-corrected chi connectivity index (χ3v) is 5.66. The third kappa shape index (κ3) is 4.26. The molecule has 7 nitrogen and oxygen atoms in total. The van der Waals surface area contributed by atoms with Gasteiger partial charge in [-0.1, -0.05) is 29.3 Å². The summed E-state index contributed by atoms with van der Waals surface area (Å²) in [5, 5.41) is 3.21. The minimum atomic E-state index is -0.804. The standard InChI is InChI=1S/C20H23Cl2N3O4/c1-10-15(11(2)24(4)17(10)19(27)29-6)18(26)12(3)25(5)20(28)23-16-13(21)8-7-9-14(16)22/h7-9,12H,1-6H3,(H,23,28). The van der Waals surface area contributed by atoms with E-state index >= 15 is 0 Å². The zero-order valence-electron chi connectivity index (χ0n) is 17.1. The Morgan fingerprint density at radius 2 is 1.72 bits per heavy atom. The number of nitrogens with one attached hydrogen (secondary N) is 1. The summed E-state index contributed by atoms with van der Waals surface area (Å²) in [5.41, 5.74) is 2.08. The summed E-state index contributed by atoms with van der Waals surface area (Å²) in [6.45, 7) is 5.03. The van der Waals surface area contributed by atoms with Gasteiger partial charge in [0.25, 0.3) is 0 Å². The molecule has 2 amide bonds. The maximum absolute atomic E-state index is 13.2. The van der Waals surface area contributed by atoms with E-state index in [1.165, 1.54) is 19.1 Å². The van der Waals surface area contributed by atoms with E-state index in [0.29, 0.717) is 22.5 Å². The van der Waals surface area contributed by atoms with Gasteiger partial charge >= 0.3 is 12.0 Å². The van der Waals surface area contributed by atoms with Crippen molar-refractivity contribution in [3.8, 4) is 0 Å². The molecule has 0 spiro atoms.